The van der Waals surface area contributed by atoms with E-state index in [1.807, 2.05) is 12.1 Å². The van der Waals surface area contributed by atoms with E-state index in [-0.39, 0.29) is 11.6 Å². The zero-order chi connectivity index (χ0) is 20.8. The Bertz CT molecular complexity index is 1290. The molecule has 1 aromatic carbocycles. The first-order valence-corrected chi connectivity index (χ1v) is 10.2. The fourth-order valence-electron chi connectivity index (χ4n) is 3.86. The number of nitro benzene ring substituents is 1. The van der Waals surface area contributed by atoms with Gasteiger partial charge in [0.2, 0.25) is 0 Å². The minimum Gasteiger partial charge on any atom is -0.464 e. The Hall–Kier alpha value is -3.72. The molecule has 3 aromatic heterocycles. The van der Waals surface area contributed by atoms with Gasteiger partial charge in [-0.25, -0.2) is 4.98 Å². The third-order valence-electron chi connectivity index (χ3n) is 5.21. The third-order valence-corrected chi connectivity index (χ3v) is 6.31. The standard InChI is InChI=1S/C21H16N4O4S/c22-18-17-16(15-5-2-10-29-15)13-3-1-4-14(13)24-21(17)30-19(18)20(26)23-11-6-8-12(9-7-11)25(27)28/h2,5-10H,1,3-4,22H2,(H,23,26). The van der Waals surface area contributed by atoms with E-state index in [2.05, 4.69) is 5.32 Å². The number of non-ortho nitro benzene ring substituents is 1. The summed E-state index contributed by atoms with van der Waals surface area (Å²) in [5.74, 6) is 0.335. The van der Waals surface area contributed by atoms with Gasteiger partial charge >= 0.3 is 0 Å². The Labute approximate surface area is 174 Å². The first-order chi connectivity index (χ1) is 14.5. The normalized spacial score (nSPS) is 12.8. The van der Waals surface area contributed by atoms with Crippen molar-refractivity contribution in [3.8, 4) is 11.3 Å². The van der Waals surface area contributed by atoms with Crippen molar-refractivity contribution in [3.05, 3.63) is 68.9 Å². The molecule has 150 valence electrons. The van der Waals surface area contributed by atoms with Gasteiger partial charge in [0.25, 0.3) is 11.6 Å². The van der Waals surface area contributed by atoms with E-state index in [0.29, 0.717) is 26.8 Å². The van der Waals surface area contributed by atoms with Gasteiger partial charge in [0, 0.05) is 34.5 Å². The summed E-state index contributed by atoms with van der Waals surface area (Å²) >= 11 is 1.24. The van der Waals surface area contributed by atoms with Gasteiger partial charge in [0.15, 0.2) is 0 Å². The highest BCUT2D eigenvalue weighted by Crippen LogP contribution is 2.44. The van der Waals surface area contributed by atoms with Crippen LogP contribution in [-0.2, 0) is 12.8 Å². The van der Waals surface area contributed by atoms with Crippen molar-refractivity contribution < 1.29 is 14.1 Å². The number of nitrogens with one attached hydrogen (secondary N) is 1. The van der Waals surface area contributed by atoms with Crippen LogP contribution in [0.15, 0.2) is 47.1 Å². The number of furan rings is 1. The van der Waals surface area contributed by atoms with Crippen LogP contribution in [0.3, 0.4) is 0 Å². The number of benzene rings is 1. The van der Waals surface area contributed by atoms with Crippen molar-refractivity contribution in [2.45, 2.75) is 19.3 Å². The van der Waals surface area contributed by atoms with Gasteiger partial charge in [-0.1, -0.05) is 0 Å². The van der Waals surface area contributed by atoms with E-state index < -0.39 is 4.92 Å². The molecule has 0 radical (unpaired) electrons. The lowest BCUT2D eigenvalue weighted by atomic mass is 10.0. The minimum absolute atomic E-state index is 0.0452. The molecule has 0 unspecified atom stereocenters. The number of nitrogen functional groups attached to an aromatic ring is 1. The van der Waals surface area contributed by atoms with Crippen molar-refractivity contribution >= 4 is 44.5 Å². The molecule has 1 aliphatic rings. The second-order valence-corrected chi connectivity index (χ2v) is 8.03. The molecule has 30 heavy (non-hydrogen) atoms. The predicted molar refractivity (Wildman–Crippen MR) is 115 cm³/mol. The Morgan fingerprint density at radius 2 is 2.03 bits per heavy atom. The summed E-state index contributed by atoms with van der Waals surface area (Å²) in [5, 5.41) is 14.3. The number of carbonyl (C=O) groups is 1. The summed E-state index contributed by atoms with van der Waals surface area (Å²) in [6.07, 6.45) is 4.43. The van der Waals surface area contributed by atoms with Gasteiger partial charge in [0.05, 0.1) is 16.9 Å². The summed E-state index contributed by atoms with van der Waals surface area (Å²) < 4.78 is 5.67. The molecular formula is C21H16N4O4S. The molecule has 0 bridgehead atoms. The molecule has 4 aromatic rings. The minimum atomic E-state index is -0.489. The summed E-state index contributed by atoms with van der Waals surface area (Å²) in [6, 6.07) is 9.37. The van der Waals surface area contributed by atoms with Gasteiger partial charge in [-0.2, -0.15) is 0 Å². The number of aromatic nitrogens is 1. The van der Waals surface area contributed by atoms with Gasteiger partial charge in [-0.3, -0.25) is 14.9 Å². The molecule has 8 nitrogen and oxygen atoms in total. The van der Waals surface area contributed by atoms with Crippen molar-refractivity contribution in [3.63, 3.8) is 0 Å². The SMILES string of the molecule is Nc1c(C(=O)Nc2ccc([N+](=O)[O-])cc2)sc2nc3c(c(-c4ccco4)c12)CCC3. The quantitative estimate of drug-likeness (QED) is 0.361. The maximum atomic E-state index is 12.9. The lowest BCUT2D eigenvalue weighted by Crippen LogP contribution is -2.12. The van der Waals surface area contributed by atoms with Crippen molar-refractivity contribution in [1.29, 1.82) is 0 Å². The van der Waals surface area contributed by atoms with Crippen LogP contribution < -0.4 is 11.1 Å². The summed E-state index contributed by atoms with van der Waals surface area (Å²) in [6.45, 7) is 0. The topological polar surface area (TPSA) is 124 Å². The number of rotatable bonds is 4. The first-order valence-electron chi connectivity index (χ1n) is 9.36. The maximum Gasteiger partial charge on any atom is 0.269 e. The number of hydrogen-bond donors (Lipinski definition) is 2. The highest BCUT2D eigenvalue weighted by atomic mass is 32.1. The number of nitrogens with two attached hydrogens (primary N) is 1. The molecule has 0 aliphatic heterocycles. The van der Waals surface area contributed by atoms with Crippen LogP contribution in [0.4, 0.5) is 17.1 Å². The maximum absolute atomic E-state index is 12.9. The number of nitrogens with zero attached hydrogens (tertiary/aromatic N) is 2. The van der Waals surface area contributed by atoms with E-state index in [0.717, 1.165) is 41.5 Å². The molecule has 1 amide bonds. The number of fused-ring (bicyclic) bond motifs is 2. The number of aryl methyl sites for hydroxylation is 1. The van der Waals surface area contributed by atoms with E-state index in [1.54, 1.807) is 6.26 Å². The monoisotopic (exact) mass is 420 g/mol. The number of thiophene rings is 1. The molecule has 0 saturated carbocycles. The predicted octanol–water partition coefficient (Wildman–Crippen LogP) is 4.79. The van der Waals surface area contributed by atoms with Crippen LogP contribution in [-0.4, -0.2) is 15.8 Å². The molecule has 3 heterocycles. The average Bonchev–Trinajstić information content (AvgIpc) is 3.47. The number of carbonyl (C=O) groups excluding carboxylic acids is 1. The molecule has 9 heteroatoms. The second kappa shape index (κ2) is 6.96. The zero-order valence-electron chi connectivity index (χ0n) is 15.7. The summed E-state index contributed by atoms with van der Waals surface area (Å²) in [4.78, 5) is 29.0. The lowest BCUT2D eigenvalue weighted by Gasteiger charge is -2.09. The fourth-order valence-corrected chi connectivity index (χ4v) is 4.88. The fraction of sp³-hybridized carbons (Fsp3) is 0.143. The number of anilines is 2. The van der Waals surface area contributed by atoms with Crippen LogP contribution in [0.5, 0.6) is 0 Å². The Morgan fingerprint density at radius 3 is 2.73 bits per heavy atom. The molecule has 0 fully saturated rings. The van der Waals surface area contributed by atoms with E-state index in [9.17, 15) is 14.9 Å². The van der Waals surface area contributed by atoms with E-state index in [4.69, 9.17) is 15.1 Å². The zero-order valence-corrected chi connectivity index (χ0v) is 16.5. The Balaban J connectivity index is 1.57. The van der Waals surface area contributed by atoms with Gasteiger partial charge in [0.1, 0.15) is 15.5 Å². The Kier molecular flexibility index (Phi) is 4.25. The lowest BCUT2D eigenvalue weighted by molar-refractivity contribution is -0.384. The van der Waals surface area contributed by atoms with Crippen LogP contribution in [0, 0.1) is 10.1 Å². The molecule has 0 atom stereocenters. The van der Waals surface area contributed by atoms with Crippen LogP contribution in [0.25, 0.3) is 21.5 Å². The molecular weight excluding hydrogens is 404 g/mol. The second-order valence-electron chi connectivity index (χ2n) is 7.03. The molecule has 0 spiro atoms. The average molecular weight is 420 g/mol. The first kappa shape index (κ1) is 18.3. The van der Waals surface area contributed by atoms with Crippen molar-refractivity contribution in [1.82, 2.24) is 4.98 Å². The van der Waals surface area contributed by atoms with E-state index in [1.165, 1.54) is 35.6 Å². The van der Waals surface area contributed by atoms with Gasteiger partial charge in [-0.05, 0) is 49.1 Å². The number of nitro groups is 1. The van der Waals surface area contributed by atoms with Crippen molar-refractivity contribution in [2.24, 2.45) is 0 Å². The largest absolute Gasteiger partial charge is 0.464 e. The van der Waals surface area contributed by atoms with Crippen LogP contribution in [0.1, 0.15) is 27.3 Å². The van der Waals surface area contributed by atoms with Gasteiger partial charge in [-0.15, -0.1) is 11.3 Å². The summed E-state index contributed by atoms with van der Waals surface area (Å²) in [5.41, 5.74) is 10.3. The van der Waals surface area contributed by atoms with Crippen molar-refractivity contribution in [2.75, 3.05) is 11.1 Å². The number of pyridine rings is 1. The van der Waals surface area contributed by atoms with Gasteiger partial charge < -0.3 is 15.5 Å². The third kappa shape index (κ3) is 2.91. The van der Waals surface area contributed by atoms with Crippen LogP contribution >= 0.6 is 11.3 Å². The molecule has 5 rings (SSSR count). The van der Waals surface area contributed by atoms with E-state index >= 15 is 0 Å². The molecule has 1 aliphatic carbocycles. The smallest absolute Gasteiger partial charge is 0.269 e. The number of hydrogen-bond acceptors (Lipinski definition) is 7. The highest BCUT2D eigenvalue weighted by Gasteiger charge is 2.27. The Morgan fingerprint density at radius 1 is 1.23 bits per heavy atom. The summed E-state index contributed by atoms with van der Waals surface area (Å²) in [7, 11) is 0. The molecule has 3 N–H and O–H groups in total. The van der Waals surface area contributed by atoms with Crippen LogP contribution in [0.2, 0.25) is 0 Å². The molecule has 0 saturated heterocycles. The number of amides is 1. The highest BCUT2D eigenvalue weighted by molar-refractivity contribution is 7.21.